The number of unbranched alkanes of at least 4 members (excludes halogenated alkanes) is 7. The van der Waals surface area contributed by atoms with E-state index >= 15 is 0 Å². The van der Waals surface area contributed by atoms with Gasteiger partial charge in [0, 0.05) is 0 Å². The molecule has 30 heavy (non-hydrogen) atoms. The highest BCUT2D eigenvalue weighted by atomic mass is 16.5. The summed E-state index contributed by atoms with van der Waals surface area (Å²) in [4.78, 5) is 12.5. The summed E-state index contributed by atoms with van der Waals surface area (Å²) in [6.45, 7) is 5.15. The molecule has 5 heteroatoms. The Morgan fingerprint density at radius 1 is 0.900 bits per heavy atom. The molecule has 0 saturated heterocycles. The Morgan fingerprint density at radius 2 is 1.60 bits per heavy atom. The molecule has 0 spiro atoms. The van der Waals surface area contributed by atoms with Crippen molar-refractivity contribution in [2.24, 2.45) is 0 Å². The molecule has 166 valence electrons. The SMILES string of the molecule is CCC=CCCOc1c(OCCCCCCCCCC)c2cccc(O)c2oc1=O. The van der Waals surface area contributed by atoms with E-state index in [1.165, 1.54) is 44.6 Å². The van der Waals surface area contributed by atoms with Gasteiger partial charge >= 0.3 is 5.63 Å². The maximum atomic E-state index is 12.5. The third kappa shape index (κ3) is 7.43. The minimum absolute atomic E-state index is 0.0811. The number of para-hydroxylation sites is 1. The molecule has 0 fully saturated rings. The topological polar surface area (TPSA) is 68.9 Å². The van der Waals surface area contributed by atoms with Crippen molar-refractivity contribution in [3.05, 3.63) is 40.8 Å². The lowest BCUT2D eigenvalue weighted by atomic mass is 10.1. The zero-order valence-corrected chi connectivity index (χ0v) is 18.5. The van der Waals surface area contributed by atoms with Crippen LogP contribution >= 0.6 is 0 Å². The lowest BCUT2D eigenvalue weighted by Crippen LogP contribution is -2.11. The number of fused-ring (bicyclic) bond motifs is 1. The summed E-state index contributed by atoms with van der Waals surface area (Å²) in [5.74, 6) is 0.357. The van der Waals surface area contributed by atoms with Crippen LogP contribution < -0.4 is 15.1 Å². The molecule has 0 amide bonds. The van der Waals surface area contributed by atoms with Crippen LogP contribution in [0.3, 0.4) is 0 Å². The second-order valence-corrected chi connectivity index (χ2v) is 7.54. The Balaban J connectivity index is 2.01. The summed E-state index contributed by atoms with van der Waals surface area (Å²) in [7, 11) is 0. The second kappa shape index (κ2) is 13.7. The van der Waals surface area contributed by atoms with Crippen LogP contribution in [0.2, 0.25) is 0 Å². The summed E-state index contributed by atoms with van der Waals surface area (Å²) in [5, 5.41) is 10.6. The van der Waals surface area contributed by atoms with E-state index in [1.807, 2.05) is 6.08 Å². The van der Waals surface area contributed by atoms with Gasteiger partial charge in [-0.05, 0) is 31.4 Å². The molecule has 0 bridgehead atoms. The van der Waals surface area contributed by atoms with Crippen LogP contribution in [0.25, 0.3) is 11.0 Å². The molecule has 2 aromatic rings. The van der Waals surface area contributed by atoms with Gasteiger partial charge in [0.2, 0.25) is 5.75 Å². The highest BCUT2D eigenvalue weighted by molar-refractivity contribution is 5.89. The predicted molar refractivity (Wildman–Crippen MR) is 122 cm³/mol. The zero-order chi connectivity index (χ0) is 21.6. The first-order valence-electron chi connectivity index (χ1n) is 11.4. The quantitative estimate of drug-likeness (QED) is 0.197. The van der Waals surface area contributed by atoms with Crippen molar-refractivity contribution >= 4 is 11.0 Å². The summed E-state index contributed by atoms with van der Waals surface area (Å²) in [6, 6.07) is 4.96. The molecule has 1 aromatic carbocycles. The lowest BCUT2D eigenvalue weighted by Gasteiger charge is -2.14. The van der Waals surface area contributed by atoms with Gasteiger partial charge in [-0.15, -0.1) is 0 Å². The Labute approximate surface area is 179 Å². The van der Waals surface area contributed by atoms with Crippen molar-refractivity contribution in [3.63, 3.8) is 0 Å². The number of benzene rings is 1. The van der Waals surface area contributed by atoms with Crippen molar-refractivity contribution in [1.82, 2.24) is 0 Å². The van der Waals surface area contributed by atoms with Gasteiger partial charge in [0.15, 0.2) is 17.1 Å². The van der Waals surface area contributed by atoms with E-state index in [4.69, 9.17) is 13.9 Å². The summed E-state index contributed by atoms with van der Waals surface area (Å²) >= 11 is 0. The van der Waals surface area contributed by atoms with Crippen LogP contribution in [0.15, 0.2) is 39.6 Å². The van der Waals surface area contributed by atoms with E-state index in [0.29, 0.717) is 30.8 Å². The number of ether oxygens (including phenoxy) is 2. The van der Waals surface area contributed by atoms with E-state index in [9.17, 15) is 9.90 Å². The van der Waals surface area contributed by atoms with Gasteiger partial charge in [-0.1, -0.05) is 77.0 Å². The van der Waals surface area contributed by atoms with Gasteiger partial charge in [-0.3, -0.25) is 0 Å². The highest BCUT2D eigenvalue weighted by Gasteiger charge is 2.19. The fraction of sp³-hybridized carbons (Fsp3) is 0.560. The van der Waals surface area contributed by atoms with Crippen LogP contribution in [0, 0.1) is 0 Å². The summed E-state index contributed by atoms with van der Waals surface area (Å²) < 4.78 is 17.0. The molecule has 0 aliphatic heterocycles. The standard InChI is InChI=1S/C25H36O5/c1-3-5-7-9-10-11-12-14-18-28-23-20-16-15-17-21(26)22(20)30-25(27)24(23)29-19-13-8-6-4-2/h6,8,15-17,26H,3-5,7,9-14,18-19H2,1-2H3. The smallest absolute Gasteiger partial charge is 0.383 e. The van der Waals surface area contributed by atoms with Gasteiger partial charge in [0.25, 0.3) is 0 Å². The maximum absolute atomic E-state index is 12.5. The molecule has 1 aromatic heterocycles. The van der Waals surface area contributed by atoms with Gasteiger partial charge in [-0.25, -0.2) is 4.79 Å². The molecule has 2 rings (SSSR count). The third-order valence-electron chi connectivity index (χ3n) is 5.00. The second-order valence-electron chi connectivity index (χ2n) is 7.54. The number of allylic oxidation sites excluding steroid dienone is 1. The van der Waals surface area contributed by atoms with Crippen molar-refractivity contribution in [2.45, 2.75) is 78.1 Å². The highest BCUT2D eigenvalue weighted by Crippen LogP contribution is 2.36. The Bertz CT molecular complexity index is 837. The first-order chi connectivity index (χ1) is 14.7. The van der Waals surface area contributed by atoms with Gasteiger partial charge in [-0.2, -0.15) is 0 Å². The number of phenols is 1. The molecule has 1 N–H and O–H groups in total. The van der Waals surface area contributed by atoms with E-state index in [-0.39, 0.29) is 17.1 Å². The average molecular weight is 417 g/mol. The Morgan fingerprint density at radius 3 is 2.33 bits per heavy atom. The molecule has 0 aliphatic carbocycles. The predicted octanol–water partition coefficient (Wildman–Crippen LogP) is 6.75. The van der Waals surface area contributed by atoms with Crippen molar-refractivity contribution in [1.29, 1.82) is 0 Å². The van der Waals surface area contributed by atoms with E-state index in [0.717, 1.165) is 19.3 Å². The van der Waals surface area contributed by atoms with Crippen molar-refractivity contribution in [3.8, 4) is 17.2 Å². The van der Waals surface area contributed by atoms with Crippen molar-refractivity contribution < 1.29 is 19.0 Å². The number of hydrogen-bond acceptors (Lipinski definition) is 5. The molecule has 0 aliphatic rings. The summed E-state index contributed by atoms with van der Waals surface area (Å²) in [6.07, 6.45) is 15.4. The normalized spacial score (nSPS) is 11.4. The molecule has 0 saturated carbocycles. The Hall–Kier alpha value is -2.43. The molecular formula is C25H36O5. The molecular weight excluding hydrogens is 380 g/mol. The number of phenolic OH excluding ortho intramolecular Hbond substituents is 1. The number of rotatable bonds is 15. The average Bonchev–Trinajstić information content (AvgIpc) is 2.74. The largest absolute Gasteiger partial charge is 0.504 e. The number of aromatic hydroxyl groups is 1. The molecule has 5 nitrogen and oxygen atoms in total. The zero-order valence-electron chi connectivity index (χ0n) is 18.5. The third-order valence-corrected chi connectivity index (χ3v) is 5.00. The number of hydrogen-bond donors (Lipinski definition) is 1. The minimum atomic E-state index is -0.630. The van der Waals surface area contributed by atoms with E-state index < -0.39 is 5.63 Å². The van der Waals surface area contributed by atoms with E-state index in [2.05, 4.69) is 19.9 Å². The fourth-order valence-corrected chi connectivity index (χ4v) is 3.36. The van der Waals surface area contributed by atoms with Crippen molar-refractivity contribution in [2.75, 3.05) is 13.2 Å². The monoisotopic (exact) mass is 416 g/mol. The maximum Gasteiger partial charge on any atom is 0.383 e. The van der Waals surface area contributed by atoms with Crippen LogP contribution in [0.1, 0.15) is 78.1 Å². The van der Waals surface area contributed by atoms with Crippen LogP contribution in [0.4, 0.5) is 0 Å². The van der Waals surface area contributed by atoms with Crippen LogP contribution in [0.5, 0.6) is 17.2 Å². The lowest BCUT2D eigenvalue weighted by molar-refractivity contribution is 0.257. The minimum Gasteiger partial charge on any atom is -0.504 e. The van der Waals surface area contributed by atoms with Gasteiger partial charge in [0.1, 0.15) is 0 Å². The summed E-state index contributed by atoms with van der Waals surface area (Å²) in [5.41, 5.74) is -0.499. The fourth-order valence-electron chi connectivity index (χ4n) is 3.36. The molecule has 0 unspecified atom stereocenters. The molecule has 1 heterocycles. The van der Waals surface area contributed by atoms with Gasteiger partial charge < -0.3 is 19.0 Å². The van der Waals surface area contributed by atoms with Crippen LogP contribution in [-0.2, 0) is 0 Å². The van der Waals surface area contributed by atoms with Crippen LogP contribution in [-0.4, -0.2) is 18.3 Å². The molecule has 0 atom stereocenters. The molecule has 0 radical (unpaired) electrons. The van der Waals surface area contributed by atoms with Gasteiger partial charge in [0.05, 0.1) is 18.6 Å². The van der Waals surface area contributed by atoms with E-state index in [1.54, 1.807) is 12.1 Å². The first-order valence-corrected chi connectivity index (χ1v) is 11.4. The Kier molecular flexibility index (Phi) is 10.9. The first kappa shape index (κ1) is 23.8.